The highest BCUT2D eigenvalue weighted by Gasteiger charge is 2.13. The highest BCUT2D eigenvalue weighted by atomic mass is 32.2. The number of anilines is 1. The Kier molecular flexibility index (Phi) is 6.76. The van der Waals surface area contributed by atoms with Gasteiger partial charge in [0.1, 0.15) is 0 Å². The maximum absolute atomic E-state index is 12.4. The lowest BCUT2D eigenvalue weighted by molar-refractivity contribution is -0.117. The zero-order valence-electron chi connectivity index (χ0n) is 15.5. The van der Waals surface area contributed by atoms with E-state index in [-0.39, 0.29) is 5.91 Å². The van der Waals surface area contributed by atoms with Gasteiger partial charge in [0.2, 0.25) is 5.91 Å². The fourth-order valence-electron chi connectivity index (χ4n) is 2.41. The van der Waals surface area contributed by atoms with Gasteiger partial charge in [-0.05, 0) is 49.2 Å². The van der Waals surface area contributed by atoms with Gasteiger partial charge in [-0.1, -0.05) is 6.07 Å². The predicted molar refractivity (Wildman–Crippen MR) is 104 cm³/mol. The van der Waals surface area contributed by atoms with Crippen molar-refractivity contribution < 1.29 is 14.3 Å². The molecule has 0 atom stereocenters. The summed E-state index contributed by atoms with van der Waals surface area (Å²) < 4.78 is 10.5. The monoisotopic (exact) mass is 359 g/mol. The Bertz CT molecular complexity index is 746. The molecule has 0 unspecified atom stereocenters. The van der Waals surface area contributed by atoms with E-state index >= 15 is 0 Å². The Labute approximate surface area is 154 Å². The molecule has 4 nitrogen and oxygen atoms in total. The first kappa shape index (κ1) is 19.2. The molecule has 134 valence electrons. The summed E-state index contributed by atoms with van der Waals surface area (Å²) in [6, 6.07) is 11.9. The number of methoxy groups -OCH3 is 2. The molecule has 0 saturated carbocycles. The Morgan fingerprint density at radius 3 is 2.36 bits per heavy atom. The largest absolute Gasteiger partial charge is 0.493 e. The van der Waals surface area contributed by atoms with Crippen LogP contribution in [-0.4, -0.2) is 32.9 Å². The summed E-state index contributed by atoms with van der Waals surface area (Å²) in [4.78, 5) is 15.3. The second-order valence-corrected chi connectivity index (χ2v) is 7.00. The summed E-state index contributed by atoms with van der Waals surface area (Å²) >= 11 is 1.71. The van der Waals surface area contributed by atoms with Gasteiger partial charge in [0.05, 0.1) is 14.2 Å². The molecule has 0 aliphatic carbocycles. The first-order valence-corrected chi connectivity index (χ1v) is 9.13. The molecule has 0 heterocycles. The maximum Gasteiger partial charge on any atom is 0.227 e. The molecule has 0 spiro atoms. The Morgan fingerprint density at radius 1 is 1.00 bits per heavy atom. The van der Waals surface area contributed by atoms with E-state index in [9.17, 15) is 4.79 Å². The number of thioether (sulfide) groups is 1. The van der Waals surface area contributed by atoms with Crippen molar-refractivity contribution in [2.75, 3.05) is 31.9 Å². The average Bonchev–Trinajstić information content (AvgIpc) is 2.63. The smallest absolute Gasteiger partial charge is 0.227 e. The summed E-state index contributed by atoms with van der Waals surface area (Å²) in [6.45, 7) is 4.21. The number of hydrogen-bond acceptors (Lipinski definition) is 4. The van der Waals surface area contributed by atoms with Crippen molar-refractivity contribution in [3.8, 4) is 11.5 Å². The van der Waals surface area contributed by atoms with Crippen molar-refractivity contribution in [3.63, 3.8) is 0 Å². The number of rotatable bonds is 7. The first-order chi connectivity index (χ1) is 12.0. The van der Waals surface area contributed by atoms with Crippen LogP contribution in [0.5, 0.6) is 11.5 Å². The molecular weight excluding hydrogens is 334 g/mol. The maximum atomic E-state index is 12.4. The molecule has 2 aromatic carbocycles. The summed E-state index contributed by atoms with van der Waals surface area (Å²) in [6.07, 6.45) is 0.475. The molecule has 0 radical (unpaired) electrons. The zero-order valence-corrected chi connectivity index (χ0v) is 16.3. The molecule has 5 heteroatoms. The second kappa shape index (κ2) is 8.81. The van der Waals surface area contributed by atoms with Gasteiger partial charge in [-0.15, -0.1) is 11.8 Å². The van der Waals surface area contributed by atoms with E-state index < -0.39 is 0 Å². The van der Waals surface area contributed by atoms with Gasteiger partial charge in [-0.3, -0.25) is 4.79 Å². The van der Waals surface area contributed by atoms with E-state index in [0.717, 1.165) is 11.4 Å². The molecule has 0 aliphatic heterocycles. The summed E-state index contributed by atoms with van der Waals surface area (Å²) in [5, 5.41) is 0. The molecule has 0 saturated heterocycles. The number of aryl methyl sites for hydroxylation is 2. The SMILES string of the molecule is COc1ccc(N(C)C(=O)CCSc2ccc(C)c(C)c2)cc1OC. The Hall–Kier alpha value is -2.14. The van der Waals surface area contributed by atoms with Gasteiger partial charge in [0, 0.05) is 35.9 Å². The number of benzene rings is 2. The second-order valence-electron chi connectivity index (χ2n) is 5.84. The fourth-order valence-corrected chi connectivity index (χ4v) is 3.34. The first-order valence-electron chi connectivity index (χ1n) is 8.15. The van der Waals surface area contributed by atoms with E-state index in [1.54, 1.807) is 37.9 Å². The summed E-state index contributed by atoms with van der Waals surface area (Å²) in [5.74, 6) is 2.09. The van der Waals surface area contributed by atoms with Crippen LogP contribution in [0.15, 0.2) is 41.3 Å². The molecule has 0 aromatic heterocycles. The third kappa shape index (κ3) is 4.92. The number of amides is 1. The Balaban J connectivity index is 1.94. The lowest BCUT2D eigenvalue weighted by Crippen LogP contribution is -2.26. The quantitative estimate of drug-likeness (QED) is 0.684. The lowest BCUT2D eigenvalue weighted by atomic mass is 10.1. The van der Waals surface area contributed by atoms with E-state index in [0.29, 0.717) is 17.9 Å². The average molecular weight is 359 g/mol. The number of ether oxygens (including phenoxy) is 2. The van der Waals surface area contributed by atoms with Gasteiger partial charge >= 0.3 is 0 Å². The molecular formula is C20H25NO3S. The van der Waals surface area contributed by atoms with Crippen LogP contribution in [0.3, 0.4) is 0 Å². The van der Waals surface area contributed by atoms with Crippen LogP contribution in [0.2, 0.25) is 0 Å². The highest BCUT2D eigenvalue weighted by molar-refractivity contribution is 7.99. The topological polar surface area (TPSA) is 38.8 Å². The minimum Gasteiger partial charge on any atom is -0.493 e. The van der Waals surface area contributed by atoms with Crippen molar-refractivity contribution >= 4 is 23.4 Å². The molecule has 0 aliphatic rings. The third-order valence-corrected chi connectivity index (χ3v) is 5.19. The highest BCUT2D eigenvalue weighted by Crippen LogP contribution is 2.31. The summed E-state index contributed by atoms with van der Waals surface area (Å²) in [5.41, 5.74) is 3.35. The van der Waals surface area contributed by atoms with Gasteiger partial charge < -0.3 is 14.4 Å². The molecule has 25 heavy (non-hydrogen) atoms. The van der Waals surface area contributed by atoms with Crippen molar-refractivity contribution in [2.24, 2.45) is 0 Å². The van der Waals surface area contributed by atoms with Gasteiger partial charge in [-0.25, -0.2) is 0 Å². The van der Waals surface area contributed by atoms with Crippen LogP contribution in [0.1, 0.15) is 17.5 Å². The Morgan fingerprint density at radius 2 is 1.72 bits per heavy atom. The lowest BCUT2D eigenvalue weighted by Gasteiger charge is -2.19. The van der Waals surface area contributed by atoms with Crippen LogP contribution < -0.4 is 14.4 Å². The van der Waals surface area contributed by atoms with Crippen LogP contribution in [0.4, 0.5) is 5.69 Å². The molecule has 2 aromatic rings. The third-order valence-electron chi connectivity index (χ3n) is 4.19. The molecule has 2 rings (SSSR count). The van der Waals surface area contributed by atoms with Gasteiger partial charge in [-0.2, -0.15) is 0 Å². The summed E-state index contributed by atoms with van der Waals surface area (Å²) in [7, 11) is 4.96. The van der Waals surface area contributed by atoms with Crippen molar-refractivity contribution in [1.82, 2.24) is 0 Å². The number of hydrogen-bond donors (Lipinski definition) is 0. The van der Waals surface area contributed by atoms with Crippen molar-refractivity contribution in [1.29, 1.82) is 0 Å². The molecule has 1 amide bonds. The number of carbonyl (C=O) groups excluding carboxylic acids is 1. The minimum atomic E-state index is 0.0727. The molecule has 0 bridgehead atoms. The van der Waals surface area contributed by atoms with Gasteiger partial charge in [0.25, 0.3) is 0 Å². The molecule has 0 fully saturated rings. The van der Waals surface area contributed by atoms with Crippen molar-refractivity contribution in [2.45, 2.75) is 25.2 Å². The zero-order chi connectivity index (χ0) is 18.4. The van der Waals surface area contributed by atoms with Crippen LogP contribution in [0.25, 0.3) is 0 Å². The van der Waals surface area contributed by atoms with Crippen LogP contribution >= 0.6 is 11.8 Å². The van der Waals surface area contributed by atoms with E-state index in [2.05, 4.69) is 32.0 Å². The normalized spacial score (nSPS) is 10.4. The van der Waals surface area contributed by atoms with E-state index in [1.807, 2.05) is 18.2 Å². The predicted octanol–water partition coefficient (Wildman–Crippen LogP) is 4.47. The number of carbonyl (C=O) groups is 1. The number of nitrogens with zero attached hydrogens (tertiary/aromatic N) is 1. The molecule has 0 N–H and O–H groups in total. The van der Waals surface area contributed by atoms with Crippen molar-refractivity contribution in [3.05, 3.63) is 47.5 Å². The fraction of sp³-hybridized carbons (Fsp3) is 0.350. The standard InChI is InChI=1S/C20H25NO3S/c1-14-6-8-17(12-15(14)2)25-11-10-20(22)21(3)16-7-9-18(23-4)19(13-16)24-5/h6-9,12-13H,10-11H2,1-5H3. The van der Waals surface area contributed by atoms with E-state index in [1.165, 1.54) is 16.0 Å². The van der Waals surface area contributed by atoms with Crippen LogP contribution in [0, 0.1) is 13.8 Å². The van der Waals surface area contributed by atoms with Crippen LogP contribution in [-0.2, 0) is 4.79 Å². The minimum absolute atomic E-state index is 0.0727. The van der Waals surface area contributed by atoms with E-state index in [4.69, 9.17) is 9.47 Å². The van der Waals surface area contributed by atoms with Gasteiger partial charge in [0.15, 0.2) is 11.5 Å².